The molecule has 0 unspecified atom stereocenters. The van der Waals surface area contributed by atoms with Gasteiger partial charge in [-0.2, -0.15) is 18.3 Å². The van der Waals surface area contributed by atoms with Gasteiger partial charge < -0.3 is 10.1 Å². The van der Waals surface area contributed by atoms with E-state index in [9.17, 15) is 22.8 Å². The summed E-state index contributed by atoms with van der Waals surface area (Å²) in [7, 11) is 0. The first-order chi connectivity index (χ1) is 17.3. The number of carbonyl (C=O) groups excluding carboxylic acids is 2. The largest absolute Gasteiger partial charge is 0.489 e. The second-order valence-corrected chi connectivity index (χ2v) is 7.73. The number of nitrogens with one attached hydrogen (secondary N) is 2. The molecule has 4 aromatic rings. The van der Waals surface area contributed by atoms with Crippen molar-refractivity contribution in [2.24, 2.45) is 5.10 Å². The summed E-state index contributed by atoms with van der Waals surface area (Å²) in [6.45, 7) is 0.395. The summed E-state index contributed by atoms with van der Waals surface area (Å²) in [4.78, 5) is 23.8. The molecular weight excluding hydrogens is 471 g/mol. The molecule has 9 heteroatoms. The second-order valence-electron chi connectivity index (χ2n) is 7.73. The third-order valence-electron chi connectivity index (χ3n) is 5.19. The molecule has 182 valence electrons. The third-order valence-corrected chi connectivity index (χ3v) is 5.19. The number of anilines is 1. The average molecular weight is 491 g/mol. The molecule has 6 nitrogen and oxygen atoms in total. The van der Waals surface area contributed by atoms with E-state index in [2.05, 4.69) is 10.4 Å². The van der Waals surface area contributed by atoms with Gasteiger partial charge in [0.2, 0.25) is 0 Å². The van der Waals surface area contributed by atoms with Crippen molar-refractivity contribution < 1.29 is 27.5 Å². The minimum atomic E-state index is -4.57. The molecular formula is C27H20F3N3O3. The van der Waals surface area contributed by atoms with Crippen molar-refractivity contribution in [3.63, 3.8) is 0 Å². The number of benzene rings is 4. The Bertz CT molecular complexity index is 1410. The van der Waals surface area contributed by atoms with E-state index >= 15 is 0 Å². The van der Waals surface area contributed by atoms with Gasteiger partial charge in [-0.1, -0.05) is 48.5 Å². The molecule has 0 heterocycles. The smallest absolute Gasteiger partial charge is 0.416 e. The van der Waals surface area contributed by atoms with Crippen LogP contribution >= 0.6 is 0 Å². The van der Waals surface area contributed by atoms with Crippen LogP contribution in [0, 0.1) is 0 Å². The van der Waals surface area contributed by atoms with E-state index < -0.39 is 23.6 Å². The first-order valence-corrected chi connectivity index (χ1v) is 10.8. The van der Waals surface area contributed by atoms with Crippen molar-refractivity contribution in [1.82, 2.24) is 5.43 Å². The van der Waals surface area contributed by atoms with Gasteiger partial charge in [-0.3, -0.25) is 9.59 Å². The number of hydrogen-bond donors (Lipinski definition) is 2. The highest BCUT2D eigenvalue weighted by atomic mass is 19.4. The van der Waals surface area contributed by atoms with Crippen LogP contribution in [0.2, 0.25) is 0 Å². The van der Waals surface area contributed by atoms with E-state index in [1.165, 1.54) is 12.3 Å². The fourth-order valence-electron chi connectivity index (χ4n) is 3.41. The zero-order chi connectivity index (χ0) is 25.5. The number of nitrogens with zero attached hydrogens (tertiary/aromatic N) is 1. The summed E-state index contributed by atoms with van der Waals surface area (Å²) >= 11 is 0. The number of fused-ring (bicyclic) bond motifs is 1. The Hall–Kier alpha value is -4.66. The number of ether oxygens (including phenoxy) is 1. The van der Waals surface area contributed by atoms with Crippen molar-refractivity contribution in [3.8, 4) is 5.75 Å². The van der Waals surface area contributed by atoms with Gasteiger partial charge in [0.1, 0.15) is 12.4 Å². The standard InChI is InChI=1S/C27H20F3N3O3/c28-27(29,30)21-8-4-9-22(15-21)32-25(34)26(35)33-31-16-18-11-13-23(14-12-18)36-17-20-7-3-6-19-5-1-2-10-24(19)20/h1-16H,17H2,(H,32,34)(H,33,35). The van der Waals surface area contributed by atoms with E-state index in [1.54, 1.807) is 24.3 Å². The van der Waals surface area contributed by atoms with Gasteiger partial charge in [0.25, 0.3) is 0 Å². The van der Waals surface area contributed by atoms with Crippen LogP contribution in [0.25, 0.3) is 10.8 Å². The molecule has 0 aromatic heterocycles. The van der Waals surface area contributed by atoms with E-state index in [0.29, 0.717) is 17.9 Å². The van der Waals surface area contributed by atoms with Crippen LogP contribution in [0.15, 0.2) is 96.1 Å². The minimum absolute atomic E-state index is 0.159. The number of halogens is 3. The topological polar surface area (TPSA) is 79.8 Å². The van der Waals surface area contributed by atoms with Crippen LogP contribution in [-0.4, -0.2) is 18.0 Å². The highest BCUT2D eigenvalue weighted by Gasteiger charge is 2.30. The molecule has 0 aliphatic heterocycles. The van der Waals surface area contributed by atoms with Gasteiger partial charge >= 0.3 is 18.0 Å². The molecule has 0 saturated carbocycles. The molecule has 0 radical (unpaired) electrons. The molecule has 0 fully saturated rings. The average Bonchev–Trinajstić information content (AvgIpc) is 2.87. The summed E-state index contributed by atoms with van der Waals surface area (Å²) in [5.41, 5.74) is 2.63. The zero-order valence-corrected chi connectivity index (χ0v) is 18.8. The van der Waals surface area contributed by atoms with Crippen LogP contribution in [0.4, 0.5) is 18.9 Å². The van der Waals surface area contributed by atoms with Crippen molar-refractivity contribution in [2.45, 2.75) is 12.8 Å². The SMILES string of the molecule is O=C(NN=Cc1ccc(OCc2cccc3ccccc23)cc1)C(=O)Nc1cccc(C(F)(F)F)c1. The second kappa shape index (κ2) is 10.7. The molecule has 4 rings (SSSR count). The number of amides is 2. The van der Waals surface area contributed by atoms with Crippen molar-refractivity contribution in [1.29, 1.82) is 0 Å². The van der Waals surface area contributed by atoms with Gasteiger partial charge in [-0.05, 0) is 64.4 Å². The maximum Gasteiger partial charge on any atom is 0.416 e. The van der Waals surface area contributed by atoms with Crippen LogP contribution in [0.1, 0.15) is 16.7 Å². The summed E-state index contributed by atoms with van der Waals surface area (Å²) in [5, 5.41) is 8.08. The van der Waals surface area contributed by atoms with Crippen LogP contribution in [0.5, 0.6) is 5.75 Å². The van der Waals surface area contributed by atoms with E-state index in [0.717, 1.165) is 34.5 Å². The van der Waals surface area contributed by atoms with Crippen LogP contribution in [0.3, 0.4) is 0 Å². The minimum Gasteiger partial charge on any atom is -0.489 e. The number of hydrazone groups is 1. The van der Waals surface area contributed by atoms with E-state index in [4.69, 9.17) is 4.74 Å². The first-order valence-electron chi connectivity index (χ1n) is 10.8. The fourth-order valence-corrected chi connectivity index (χ4v) is 3.41. The summed E-state index contributed by atoms with van der Waals surface area (Å²) in [6.07, 6.45) is -3.24. The van der Waals surface area contributed by atoms with Crippen molar-refractivity contribution >= 4 is 34.5 Å². The van der Waals surface area contributed by atoms with Crippen molar-refractivity contribution in [3.05, 3.63) is 108 Å². The number of hydrogen-bond acceptors (Lipinski definition) is 4. The van der Waals surface area contributed by atoms with E-state index in [-0.39, 0.29) is 5.69 Å². The molecule has 0 saturated heterocycles. The Kier molecular flexibility index (Phi) is 7.29. The Balaban J connectivity index is 1.29. The fraction of sp³-hybridized carbons (Fsp3) is 0.0741. The number of alkyl halides is 3. The Morgan fingerprint density at radius 1 is 0.861 bits per heavy atom. The Labute approximate surface area is 204 Å². The predicted octanol–water partition coefficient (Wildman–Crippen LogP) is 5.53. The van der Waals surface area contributed by atoms with Gasteiger partial charge in [-0.25, -0.2) is 5.43 Å². The Morgan fingerprint density at radius 2 is 1.58 bits per heavy atom. The maximum absolute atomic E-state index is 12.8. The maximum atomic E-state index is 12.8. The molecule has 36 heavy (non-hydrogen) atoms. The van der Waals surface area contributed by atoms with Gasteiger partial charge in [0, 0.05) is 5.69 Å². The van der Waals surface area contributed by atoms with Gasteiger partial charge in [-0.15, -0.1) is 0 Å². The quantitative estimate of drug-likeness (QED) is 0.212. The number of rotatable bonds is 6. The predicted molar refractivity (Wildman–Crippen MR) is 131 cm³/mol. The lowest BCUT2D eigenvalue weighted by molar-refractivity contribution is -0.137. The molecule has 2 amide bonds. The lowest BCUT2D eigenvalue weighted by Gasteiger charge is -2.09. The summed E-state index contributed by atoms with van der Waals surface area (Å²) < 4.78 is 44.2. The highest BCUT2D eigenvalue weighted by molar-refractivity contribution is 6.39. The van der Waals surface area contributed by atoms with Crippen molar-refractivity contribution in [2.75, 3.05) is 5.32 Å². The van der Waals surface area contributed by atoms with Crippen LogP contribution in [-0.2, 0) is 22.4 Å². The highest BCUT2D eigenvalue weighted by Crippen LogP contribution is 2.30. The molecule has 4 aromatic carbocycles. The normalized spacial score (nSPS) is 11.4. The number of carbonyl (C=O) groups is 2. The van der Waals surface area contributed by atoms with E-state index in [1.807, 2.05) is 47.9 Å². The zero-order valence-electron chi connectivity index (χ0n) is 18.8. The molecule has 0 bridgehead atoms. The Morgan fingerprint density at radius 3 is 2.36 bits per heavy atom. The van der Waals surface area contributed by atoms with Crippen LogP contribution < -0.4 is 15.5 Å². The summed E-state index contributed by atoms with van der Waals surface area (Å²) in [5.74, 6) is -1.63. The molecule has 0 atom stereocenters. The summed E-state index contributed by atoms with van der Waals surface area (Å²) in [6, 6.07) is 25.0. The third kappa shape index (κ3) is 6.26. The van der Waals surface area contributed by atoms with Gasteiger partial charge in [0.15, 0.2) is 0 Å². The molecule has 0 aliphatic rings. The monoisotopic (exact) mass is 491 g/mol. The molecule has 0 spiro atoms. The lowest BCUT2D eigenvalue weighted by atomic mass is 10.1. The first kappa shape index (κ1) is 24.5. The lowest BCUT2D eigenvalue weighted by Crippen LogP contribution is -2.32. The van der Waals surface area contributed by atoms with Gasteiger partial charge in [0.05, 0.1) is 11.8 Å². The molecule has 2 N–H and O–H groups in total. The molecule has 0 aliphatic carbocycles.